The first-order chi connectivity index (χ1) is 17.0. The number of anilines is 1. The predicted octanol–water partition coefficient (Wildman–Crippen LogP) is 4.63. The van der Waals surface area contributed by atoms with Gasteiger partial charge in [-0.25, -0.2) is 19.2 Å². The fraction of sp³-hybridized carbons (Fsp3) is 0.370. The number of carboxylic acids is 1. The molecular weight excluding hydrogens is 447 g/mol. The monoisotopic (exact) mass is 478 g/mol. The van der Waals surface area contributed by atoms with Crippen LogP contribution in [0.4, 0.5) is 10.3 Å². The second-order valence-electron chi connectivity index (χ2n) is 8.84. The lowest BCUT2D eigenvalue weighted by Gasteiger charge is -2.41. The molecule has 1 N–H and O–H groups in total. The zero-order valence-corrected chi connectivity index (χ0v) is 19.9. The van der Waals surface area contributed by atoms with E-state index in [1.165, 1.54) is 12.1 Å². The van der Waals surface area contributed by atoms with Crippen LogP contribution in [0.3, 0.4) is 0 Å². The standard InChI is InChI=1S/C27H31FN4O3/c1-2-3-9-24-18-31(17-20-6-4-10-25(13-20)35-19-26(33)34)11-12-32(24)27-29-15-22(16-30-27)21-7-5-8-23(28)14-21/h4-8,10,13-16,24H,2-3,9,11-12,17-19H2,1H3,(H,33,34)/t24-/m1/s1. The maximum Gasteiger partial charge on any atom is 0.341 e. The van der Waals surface area contributed by atoms with Crippen LogP contribution in [0.25, 0.3) is 11.1 Å². The molecular formula is C27H31FN4O3. The summed E-state index contributed by atoms with van der Waals surface area (Å²) in [5.74, 6) is 0.00520. The van der Waals surface area contributed by atoms with Gasteiger partial charge in [-0.15, -0.1) is 0 Å². The topological polar surface area (TPSA) is 78.8 Å². The molecule has 2 heterocycles. The Balaban J connectivity index is 1.43. The van der Waals surface area contributed by atoms with Crippen LogP contribution in [-0.2, 0) is 11.3 Å². The average Bonchev–Trinajstić information content (AvgIpc) is 2.87. The Labute approximate surface area is 205 Å². The molecule has 0 aliphatic carbocycles. The third kappa shape index (κ3) is 6.76. The van der Waals surface area contributed by atoms with E-state index in [2.05, 4.69) is 26.7 Å². The van der Waals surface area contributed by atoms with E-state index in [1.54, 1.807) is 24.5 Å². The van der Waals surface area contributed by atoms with Crippen molar-refractivity contribution in [2.45, 2.75) is 38.8 Å². The highest BCUT2D eigenvalue weighted by atomic mass is 19.1. The molecule has 184 valence electrons. The molecule has 0 amide bonds. The van der Waals surface area contributed by atoms with Gasteiger partial charge in [-0.3, -0.25) is 4.90 Å². The fourth-order valence-corrected chi connectivity index (χ4v) is 4.44. The van der Waals surface area contributed by atoms with Gasteiger partial charge < -0.3 is 14.7 Å². The van der Waals surface area contributed by atoms with E-state index < -0.39 is 5.97 Å². The van der Waals surface area contributed by atoms with Crippen molar-refractivity contribution in [2.24, 2.45) is 0 Å². The Morgan fingerprint density at radius 1 is 1.11 bits per heavy atom. The lowest BCUT2D eigenvalue weighted by molar-refractivity contribution is -0.139. The molecule has 35 heavy (non-hydrogen) atoms. The molecule has 7 nitrogen and oxygen atoms in total. The number of benzene rings is 2. The zero-order chi connectivity index (χ0) is 24.6. The van der Waals surface area contributed by atoms with Gasteiger partial charge in [0.25, 0.3) is 0 Å². The van der Waals surface area contributed by atoms with Crippen LogP contribution in [0, 0.1) is 5.82 Å². The van der Waals surface area contributed by atoms with Crippen molar-refractivity contribution in [3.63, 3.8) is 0 Å². The van der Waals surface area contributed by atoms with Gasteiger partial charge in [0.15, 0.2) is 6.61 Å². The number of ether oxygens (including phenoxy) is 1. The molecule has 1 aliphatic rings. The number of carboxylic acid groups (broad SMARTS) is 1. The Morgan fingerprint density at radius 2 is 1.91 bits per heavy atom. The minimum absolute atomic E-state index is 0.277. The predicted molar refractivity (Wildman–Crippen MR) is 133 cm³/mol. The molecule has 0 spiro atoms. The molecule has 1 aromatic heterocycles. The SMILES string of the molecule is CCCC[C@@H]1CN(Cc2cccc(OCC(=O)O)c2)CCN1c1ncc(-c2cccc(F)c2)cn1. The summed E-state index contributed by atoms with van der Waals surface area (Å²) in [4.78, 5) is 24.7. The van der Waals surface area contributed by atoms with E-state index in [1.807, 2.05) is 24.3 Å². The lowest BCUT2D eigenvalue weighted by atomic mass is 10.0. The van der Waals surface area contributed by atoms with E-state index in [0.717, 1.165) is 62.1 Å². The molecule has 1 fully saturated rings. The fourth-order valence-electron chi connectivity index (χ4n) is 4.44. The first-order valence-corrected chi connectivity index (χ1v) is 12.0. The van der Waals surface area contributed by atoms with Gasteiger partial charge in [0.2, 0.25) is 5.95 Å². The first-order valence-electron chi connectivity index (χ1n) is 12.0. The summed E-state index contributed by atoms with van der Waals surface area (Å²) in [5, 5.41) is 8.84. The number of aliphatic carboxylic acids is 1. The van der Waals surface area contributed by atoms with E-state index in [-0.39, 0.29) is 18.5 Å². The molecule has 0 bridgehead atoms. The van der Waals surface area contributed by atoms with Crippen molar-refractivity contribution >= 4 is 11.9 Å². The van der Waals surface area contributed by atoms with Crippen LogP contribution in [-0.4, -0.2) is 58.2 Å². The Kier molecular flexibility index (Phi) is 8.26. The average molecular weight is 479 g/mol. The minimum atomic E-state index is -0.989. The molecule has 1 aliphatic heterocycles. The molecule has 2 aromatic carbocycles. The number of halogens is 1. The van der Waals surface area contributed by atoms with E-state index in [9.17, 15) is 9.18 Å². The summed E-state index contributed by atoms with van der Waals surface area (Å²) in [5.41, 5.74) is 2.65. The molecule has 1 atom stereocenters. The summed E-state index contributed by atoms with van der Waals surface area (Å²) < 4.78 is 18.9. The zero-order valence-electron chi connectivity index (χ0n) is 19.9. The molecule has 0 radical (unpaired) electrons. The van der Waals surface area contributed by atoms with Crippen molar-refractivity contribution in [2.75, 3.05) is 31.1 Å². The summed E-state index contributed by atoms with van der Waals surface area (Å²) in [6.45, 7) is 5.16. The maximum atomic E-state index is 13.6. The Hall–Kier alpha value is -3.52. The quantitative estimate of drug-likeness (QED) is 0.455. The Morgan fingerprint density at radius 3 is 2.66 bits per heavy atom. The third-order valence-electron chi connectivity index (χ3n) is 6.18. The van der Waals surface area contributed by atoms with Crippen LogP contribution >= 0.6 is 0 Å². The van der Waals surface area contributed by atoms with Crippen LogP contribution in [0.2, 0.25) is 0 Å². The number of piperazine rings is 1. The smallest absolute Gasteiger partial charge is 0.341 e. The number of unbranched alkanes of at least 4 members (excludes halogenated alkanes) is 1. The highest BCUT2D eigenvalue weighted by molar-refractivity contribution is 5.68. The number of aromatic nitrogens is 2. The van der Waals surface area contributed by atoms with Crippen molar-refractivity contribution in [3.05, 3.63) is 72.3 Å². The van der Waals surface area contributed by atoms with Gasteiger partial charge >= 0.3 is 5.97 Å². The second kappa shape index (κ2) is 11.8. The molecule has 4 rings (SSSR count). The van der Waals surface area contributed by atoms with Gasteiger partial charge in [-0.1, -0.05) is 44.0 Å². The normalized spacial score (nSPS) is 16.3. The highest BCUT2D eigenvalue weighted by Crippen LogP contribution is 2.25. The van der Waals surface area contributed by atoms with Crippen molar-refractivity contribution in [3.8, 4) is 16.9 Å². The van der Waals surface area contributed by atoms with E-state index in [0.29, 0.717) is 11.7 Å². The summed E-state index contributed by atoms with van der Waals surface area (Å²) in [7, 11) is 0. The number of nitrogens with zero attached hydrogens (tertiary/aromatic N) is 4. The molecule has 0 saturated carbocycles. The van der Waals surface area contributed by atoms with Crippen LogP contribution in [0.15, 0.2) is 60.9 Å². The molecule has 8 heteroatoms. The van der Waals surface area contributed by atoms with Crippen molar-refractivity contribution in [1.29, 1.82) is 0 Å². The summed E-state index contributed by atoms with van der Waals surface area (Å²) in [6, 6.07) is 14.4. The minimum Gasteiger partial charge on any atom is -0.482 e. The number of hydrogen-bond acceptors (Lipinski definition) is 6. The van der Waals surface area contributed by atoms with E-state index >= 15 is 0 Å². The van der Waals surface area contributed by atoms with Crippen molar-refractivity contribution in [1.82, 2.24) is 14.9 Å². The van der Waals surface area contributed by atoms with Gasteiger partial charge in [-0.2, -0.15) is 0 Å². The van der Waals surface area contributed by atoms with Crippen LogP contribution < -0.4 is 9.64 Å². The highest BCUT2D eigenvalue weighted by Gasteiger charge is 2.28. The van der Waals surface area contributed by atoms with Gasteiger partial charge in [-0.05, 0) is 41.8 Å². The second-order valence-corrected chi connectivity index (χ2v) is 8.84. The van der Waals surface area contributed by atoms with Gasteiger partial charge in [0.05, 0.1) is 0 Å². The maximum absolute atomic E-state index is 13.6. The van der Waals surface area contributed by atoms with Gasteiger partial charge in [0.1, 0.15) is 11.6 Å². The molecule has 0 unspecified atom stereocenters. The number of carbonyl (C=O) groups is 1. The van der Waals surface area contributed by atoms with Crippen LogP contribution in [0.1, 0.15) is 31.7 Å². The number of hydrogen-bond donors (Lipinski definition) is 1. The lowest BCUT2D eigenvalue weighted by Crippen LogP contribution is -2.53. The summed E-state index contributed by atoms with van der Waals surface area (Å²) >= 11 is 0. The Bertz CT molecular complexity index is 1130. The van der Waals surface area contributed by atoms with Gasteiger partial charge in [0, 0.05) is 50.2 Å². The third-order valence-corrected chi connectivity index (χ3v) is 6.18. The molecule has 3 aromatic rings. The van der Waals surface area contributed by atoms with Crippen molar-refractivity contribution < 1.29 is 19.0 Å². The molecule has 1 saturated heterocycles. The first kappa shape index (κ1) is 24.6. The summed E-state index contributed by atoms with van der Waals surface area (Å²) in [6.07, 6.45) is 6.82. The van der Waals surface area contributed by atoms with Crippen LogP contribution in [0.5, 0.6) is 5.75 Å². The number of rotatable bonds is 10. The van der Waals surface area contributed by atoms with E-state index in [4.69, 9.17) is 9.84 Å². The largest absolute Gasteiger partial charge is 0.482 e.